The molecule has 0 saturated heterocycles. The number of thioether (sulfide) groups is 1. The Kier molecular flexibility index (Phi) is 6.43. The van der Waals surface area contributed by atoms with Crippen LogP contribution in [0, 0.1) is 5.82 Å². The van der Waals surface area contributed by atoms with E-state index in [4.69, 9.17) is 0 Å². The fraction of sp³-hybridized carbons (Fsp3) is 0.385. The van der Waals surface area contributed by atoms with Crippen LogP contribution in [0.25, 0.3) is 0 Å². The van der Waals surface area contributed by atoms with E-state index in [9.17, 15) is 14.0 Å². The highest BCUT2D eigenvalue weighted by Gasteiger charge is 2.05. The highest BCUT2D eigenvalue weighted by atomic mass is 32.2. The van der Waals surface area contributed by atoms with Crippen LogP contribution in [0.4, 0.5) is 4.39 Å². The van der Waals surface area contributed by atoms with Crippen LogP contribution in [0.1, 0.15) is 12.0 Å². The van der Waals surface area contributed by atoms with Gasteiger partial charge < -0.3 is 4.74 Å². The molecule has 0 aliphatic rings. The molecule has 0 aliphatic heterocycles. The number of carbonyl (C=O) groups is 2. The number of rotatable bonds is 7. The molecule has 0 bridgehead atoms. The van der Waals surface area contributed by atoms with Crippen LogP contribution in [0.3, 0.4) is 0 Å². The second kappa shape index (κ2) is 7.87. The first-order valence-electron chi connectivity index (χ1n) is 5.52. The lowest BCUT2D eigenvalue weighted by Crippen LogP contribution is -2.07. The second-order valence-corrected chi connectivity index (χ2v) is 4.83. The van der Waals surface area contributed by atoms with Crippen molar-refractivity contribution in [3.05, 3.63) is 35.6 Å². The standard InChI is InChI=1S/C13H15FO3S/c1-17-13(16)6-7-18-9-12(15)8-10-2-4-11(14)5-3-10/h2-5H,6-9H2,1H3. The van der Waals surface area contributed by atoms with E-state index in [1.807, 2.05) is 0 Å². The summed E-state index contributed by atoms with van der Waals surface area (Å²) < 4.78 is 17.1. The quantitative estimate of drug-likeness (QED) is 0.563. The van der Waals surface area contributed by atoms with Crippen LogP contribution in [0.5, 0.6) is 0 Å². The van der Waals surface area contributed by atoms with Crippen molar-refractivity contribution in [3.8, 4) is 0 Å². The van der Waals surface area contributed by atoms with E-state index in [0.29, 0.717) is 24.3 Å². The number of hydrogen-bond acceptors (Lipinski definition) is 4. The van der Waals surface area contributed by atoms with E-state index in [0.717, 1.165) is 5.56 Å². The van der Waals surface area contributed by atoms with E-state index in [1.165, 1.54) is 31.0 Å². The van der Waals surface area contributed by atoms with Gasteiger partial charge in [0.25, 0.3) is 0 Å². The lowest BCUT2D eigenvalue weighted by Gasteiger charge is -2.02. The van der Waals surface area contributed by atoms with Gasteiger partial charge >= 0.3 is 5.97 Å². The topological polar surface area (TPSA) is 43.4 Å². The smallest absolute Gasteiger partial charge is 0.306 e. The molecule has 1 aromatic rings. The number of esters is 1. The average molecular weight is 270 g/mol. The number of hydrogen-bond donors (Lipinski definition) is 0. The lowest BCUT2D eigenvalue weighted by molar-refractivity contribution is -0.140. The molecule has 98 valence electrons. The molecule has 0 spiro atoms. The summed E-state index contributed by atoms with van der Waals surface area (Å²) >= 11 is 1.40. The molecular weight excluding hydrogens is 255 g/mol. The zero-order valence-corrected chi connectivity index (χ0v) is 11.0. The van der Waals surface area contributed by atoms with Crippen LogP contribution in [-0.4, -0.2) is 30.4 Å². The van der Waals surface area contributed by atoms with Gasteiger partial charge in [-0.15, -0.1) is 0 Å². The first kappa shape index (κ1) is 14.7. The lowest BCUT2D eigenvalue weighted by atomic mass is 10.1. The number of halogens is 1. The fourth-order valence-electron chi connectivity index (χ4n) is 1.32. The van der Waals surface area contributed by atoms with Crippen molar-refractivity contribution in [3.63, 3.8) is 0 Å². The molecule has 0 amide bonds. The number of carbonyl (C=O) groups excluding carboxylic acids is 2. The zero-order chi connectivity index (χ0) is 13.4. The van der Waals surface area contributed by atoms with E-state index < -0.39 is 0 Å². The Hall–Kier alpha value is -1.36. The van der Waals surface area contributed by atoms with Gasteiger partial charge in [-0.3, -0.25) is 9.59 Å². The Bertz CT molecular complexity index is 403. The van der Waals surface area contributed by atoms with Crippen LogP contribution in [0.2, 0.25) is 0 Å². The average Bonchev–Trinajstić information content (AvgIpc) is 2.37. The van der Waals surface area contributed by atoms with Crippen LogP contribution in [-0.2, 0) is 20.7 Å². The number of Topliss-reactive ketones (excluding diaryl/α,β-unsaturated/α-hetero) is 1. The number of benzene rings is 1. The minimum atomic E-state index is -0.307. The normalized spacial score (nSPS) is 10.1. The summed E-state index contributed by atoms with van der Waals surface area (Å²) in [6, 6.07) is 5.89. The van der Waals surface area contributed by atoms with Crippen molar-refractivity contribution in [2.24, 2.45) is 0 Å². The Morgan fingerprint density at radius 3 is 2.56 bits per heavy atom. The van der Waals surface area contributed by atoms with E-state index in [2.05, 4.69) is 4.74 Å². The number of methoxy groups -OCH3 is 1. The SMILES string of the molecule is COC(=O)CCSCC(=O)Cc1ccc(F)cc1. The number of ether oxygens (including phenoxy) is 1. The predicted octanol–water partition coefficient (Wildman–Crippen LogP) is 2.23. The molecule has 1 aromatic carbocycles. The second-order valence-electron chi connectivity index (χ2n) is 3.72. The Balaban J connectivity index is 2.21. The summed E-state index contributed by atoms with van der Waals surface area (Å²) in [7, 11) is 1.34. The Labute approximate surface area is 110 Å². The van der Waals surface area contributed by atoms with E-state index in [1.54, 1.807) is 12.1 Å². The first-order valence-corrected chi connectivity index (χ1v) is 6.68. The maximum absolute atomic E-state index is 12.6. The molecule has 0 heterocycles. The minimum absolute atomic E-state index is 0.0662. The Morgan fingerprint density at radius 1 is 1.28 bits per heavy atom. The Morgan fingerprint density at radius 2 is 1.94 bits per heavy atom. The summed E-state index contributed by atoms with van der Waals surface area (Å²) in [5.41, 5.74) is 0.801. The summed E-state index contributed by atoms with van der Waals surface area (Å²) in [5, 5.41) is 0. The summed E-state index contributed by atoms with van der Waals surface area (Å²) in [5.74, 6) is 0.416. The van der Waals surface area contributed by atoms with Crippen molar-refractivity contribution in [2.75, 3.05) is 18.6 Å². The molecule has 0 aromatic heterocycles. The predicted molar refractivity (Wildman–Crippen MR) is 69.1 cm³/mol. The van der Waals surface area contributed by atoms with Gasteiger partial charge in [0.2, 0.25) is 0 Å². The van der Waals surface area contributed by atoms with Gasteiger partial charge in [-0.1, -0.05) is 12.1 Å². The van der Waals surface area contributed by atoms with E-state index >= 15 is 0 Å². The highest BCUT2D eigenvalue weighted by molar-refractivity contribution is 7.99. The van der Waals surface area contributed by atoms with Crippen LogP contribution in [0.15, 0.2) is 24.3 Å². The van der Waals surface area contributed by atoms with Crippen LogP contribution < -0.4 is 0 Å². The molecule has 0 saturated carbocycles. The molecule has 0 atom stereocenters. The van der Waals surface area contributed by atoms with Crippen molar-refractivity contribution in [2.45, 2.75) is 12.8 Å². The maximum atomic E-state index is 12.6. The molecule has 18 heavy (non-hydrogen) atoms. The minimum Gasteiger partial charge on any atom is -0.469 e. The maximum Gasteiger partial charge on any atom is 0.306 e. The molecule has 0 aliphatic carbocycles. The molecule has 0 N–H and O–H groups in total. The molecule has 0 unspecified atom stereocenters. The molecule has 0 fully saturated rings. The van der Waals surface area contributed by atoms with E-state index in [-0.39, 0.29) is 17.6 Å². The van der Waals surface area contributed by atoms with Crippen molar-refractivity contribution >= 4 is 23.5 Å². The molecule has 3 nitrogen and oxygen atoms in total. The summed E-state index contributed by atoms with van der Waals surface area (Å²) in [6.07, 6.45) is 0.608. The van der Waals surface area contributed by atoms with Crippen LogP contribution >= 0.6 is 11.8 Å². The highest BCUT2D eigenvalue weighted by Crippen LogP contribution is 2.08. The van der Waals surface area contributed by atoms with Crippen molar-refractivity contribution < 1.29 is 18.7 Å². The van der Waals surface area contributed by atoms with Crippen molar-refractivity contribution in [1.82, 2.24) is 0 Å². The monoisotopic (exact) mass is 270 g/mol. The molecule has 0 radical (unpaired) electrons. The third kappa shape index (κ3) is 5.82. The number of ketones is 1. The molecule has 5 heteroatoms. The third-order valence-corrected chi connectivity index (χ3v) is 3.27. The van der Waals surface area contributed by atoms with Gasteiger partial charge in [-0.05, 0) is 17.7 Å². The van der Waals surface area contributed by atoms with Gasteiger partial charge in [-0.2, -0.15) is 11.8 Å². The molecule has 1 rings (SSSR count). The first-order chi connectivity index (χ1) is 8.61. The van der Waals surface area contributed by atoms with Gasteiger partial charge in [-0.25, -0.2) is 4.39 Å². The largest absolute Gasteiger partial charge is 0.469 e. The summed E-state index contributed by atoms with van der Waals surface area (Å²) in [6.45, 7) is 0. The van der Waals surface area contributed by atoms with Gasteiger partial charge in [0, 0.05) is 12.2 Å². The van der Waals surface area contributed by atoms with Gasteiger partial charge in [0.1, 0.15) is 11.6 Å². The summed E-state index contributed by atoms with van der Waals surface area (Å²) in [4.78, 5) is 22.4. The third-order valence-electron chi connectivity index (χ3n) is 2.26. The van der Waals surface area contributed by atoms with Gasteiger partial charge in [0.05, 0.1) is 19.3 Å². The van der Waals surface area contributed by atoms with Gasteiger partial charge in [0.15, 0.2) is 0 Å². The molecular formula is C13H15FO3S. The van der Waals surface area contributed by atoms with Crippen molar-refractivity contribution in [1.29, 1.82) is 0 Å². The zero-order valence-electron chi connectivity index (χ0n) is 10.1. The fourth-order valence-corrected chi connectivity index (χ4v) is 2.11.